The Bertz CT molecular complexity index is 348. The van der Waals surface area contributed by atoms with Gasteiger partial charge in [0.05, 0.1) is 7.11 Å². The number of ether oxygens (including phenoxy) is 1. The molecule has 0 amide bonds. The van der Waals surface area contributed by atoms with Crippen molar-refractivity contribution in [2.45, 2.75) is 30.9 Å². The molecule has 0 aliphatic carbocycles. The van der Waals surface area contributed by atoms with Gasteiger partial charge in [0.25, 0.3) is 0 Å². The molecule has 0 radical (unpaired) electrons. The van der Waals surface area contributed by atoms with Crippen molar-refractivity contribution in [1.82, 2.24) is 5.32 Å². The van der Waals surface area contributed by atoms with Crippen molar-refractivity contribution in [2.75, 3.05) is 26.0 Å². The summed E-state index contributed by atoms with van der Waals surface area (Å²) in [5.74, 6) is 2.19. The zero-order valence-corrected chi connectivity index (χ0v) is 12.0. The lowest BCUT2D eigenvalue weighted by molar-refractivity contribution is 0.414. The Morgan fingerprint density at radius 2 is 2.28 bits per heavy atom. The highest BCUT2D eigenvalue weighted by Crippen LogP contribution is 2.23. The Morgan fingerprint density at radius 3 is 3.17 bits per heavy atom. The number of thioether (sulfide) groups is 1. The summed E-state index contributed by atoms with van der Waals surface area (Å²) >= 11 is 2.14. The van der Waals surface area contributed by atoms with Crippen LogP contribution in [0.2, 0.25) is 0 Å². The van der Waals surface area contributed by atoms with Crippen molar-refractivity contribution in [3.8, 4) is 5.75 Å². The van der Waals surface area contributed by atoms with E-state index >= 15 is 0 Å². The van der Waals surface area contributed by atoms with Crippen molar-refractivity contribution in [1.29, 1.82) is 0 Å². The molecule has 0 spiro atoms. The maximum atomic E-state index is 5.25. The predicted octanol–water partition coefficient (Wildman–Crippen LogP) is 3.11. The van der Waals surface area contributed by atoms with E-state index in [0.29, 0.717) is 0 Å². The molecule has 1 atom stereocenters. The molecule has 1 saturated heterocycles. The molecular formula is C15H23NOS. The second kappa shape index (κ2) is 7.70. The van der Waals surface area contributed by atoms with Crippen LogP contribution < -0.4 is 10.1 Å². The van der Waals surface area contributed by atoms with Gasteiger partial charge in [0, 0.05) is 5.25 Å². The summed E-state index contributed by atoms with van der Waals surface area (Å²) in [7, 11) is 1.73. The SMILES string of the molecule is COc1cccc(CCSC2CCCNCC2)c1. The van der Waals surface area contributed by atoms with Crippen molar-refractivity contribution in [2.24, 2.45) is 0 Å². The first-order valence-corrected chi connectivity index (χ1v) is 7.88. The monoisotopic (exact) mass is 265 g/mol. The second-order valence-corrected chi connectivity index (χ2v) is 6.18. The summed E-state index contributed by atoms with van der Waals surface area (Å²) in [5, 5.41) is 4.32. The predicted molar refractivity (Wildman–Crippen MR) is 79.7 cm³/mol. The van der Waals surface area contributed by atoms with E-state index in [4.69, 9.17) is 4.74 Å². The fourth-order valence-corrected chi connectivity index (χ4v) is 3.63. The minimum Gasteiger partial charge on any atom is -0.497 e. The third-order valence-electron chi connectivity index (χ3n) is 3.40. The van der Waals surface area contributed by atoms with Gasteiger partial charge in [-0.3, -0.25) is 0 Å². The molecule has 1 N–H and O–H groups in total. The van der Waals surface area contributed by atoms with Crippen LogP contribution in [0.25, 0.3) is 0 Å². The number of aryl methyl sites for hydroxylation is 1. The summed E-state index contributed by atoms with van der Waals surface area (Å²) in [4.78, 5) is 0. The first-order valence-electron chi connectivity index (χ1n) is 6.84. The van der Waals surface area contributed by atoms with Gasteiger partial charge in [-0.15, -0.1) is 0 Å². The third-order valence-corrected chi connectivity index (χ3v) is 4.78. The lowest BCUT2D eigenvalue weighted by atomic mass is 10.2. The topological polar surface area (TPSA) is 21.3 Å². The van der Waals surface area contributed by atoms with Crippen molar-refractivity contribution >= 4 is 11.8 Å². The fraction of sp³-hybridized carbons (Fsp3) is 0.600. The van der Waals surface area contributed by atoms with Crippen LogP contribution in [0.1, 0.15) is 24.8 Å². The molecule has 100 valence electrons. The largest absolute Gasteiger partial charge is 0.497 e. The number of hydrogen-bond acceptors (Lipinski definition) is 3. The fourth-order valence-electron chi connectivity index (χ4n) is 2.33. The van der Waals surface area contributed by atoms with E-state index in [1.165, 1.54) is 43.7 Å². The Hall–Kier alpha value is -0.670. The van der Waals surface area contributed by atoms with E-state index in [1.807, 2.05) is 6.07 Å². The summed E-state index contributed by atoms with van der Waals surface area (Å²) in [6, 6.07) is 8.43. The lowest BCUT2D eigenvalue weighted by Gasteiger charge is -2.13. The second-order valence-electron chi connectivity index (χ2n) is 4.78. The lowest BCUT2D eigenvalue weighted by Crippen LogP contribution is -2.14. The molecule has 18 heavy (non-hydrogen) atoms. The van der Waals surface area contributed by atoms with Gasteiger partial charge in [-0.05, 0) is 62.2 Å². The van der Waals surface area contributed by atoms with Crippen LogP contribution in [0.5, 0.6) is 5.75 Å². The summed E-state index contributed by atoms with van der Waals surface area (Å²) < 4.78 is 5.25. The molecule has 1 heterocycles. The van der Waals surface area contributed by atoms with Crippen LogP contribution in [0.3, 0.4) is 0 Å². The minimum atomic E-state index is 0.852. The molecule has 1 fully saturated rings. The molecule has 0 saturated carbocycles. The van der Waals surface area contributed by atoms with E-state index in [1.54, 1.807) is 7.11 Å². The summed E-state index contributed by atoms with van der Waals surface area (Å²) in [6.07, 6.45) is 5.17. The number of hydrogen-bond donors (Lipinski definition) is 1. The molecule has 1 aromatic rings. The van der Waals surface area contributed by atoms with Gasteiger partial charge in [0.1, 0.15) is 5.75 Å². The zero-order valence-electron chi connectivity index (χ0n) is 11.2. The van der Waals surface area contributed by atoms with Crippen LogP contribution in [0.15, 0.2) is 24.3 Å². The van der Waals surface area contributed by atoms with Crippen molar-refractivity contribution in [3.63, 3.8) is 0 Å². The van der Waals surface area contributed by atoms with E-state index in [9.17, 15) is 0 Å². The molecule has 1 aromatic carbocycles. The maximum Gasteiger partial charge on any atom is 0.119 e. The van der Waals surface area contributed by atoms with Gasteiger partial charge in [-0.25, -0.2) is 0 Å². The minimum absolute atomic E-state index is 0.852. The molecule has 0 aromatic heterocycles. The molecule has 0 bridgehead atoms. The van der Waals surface area contributed by atoms with Crippen LogP contribution in [-0.2, 0) is 6.42 Å². The number of benzene rings is 1. The molecule has 1 aliphatic heterocycles. The number of nitrogens with one attached hydrogen (secondary N) is 1. The Morgan fingerprint density at radius 1 is 1.33 bits per heavy atom. The highest BCUT2D eigenvalue weighted by atomic mass is 32.2. The normalized spacial score (nSPS) is 20.4. The van der Waals surface area contributed by atoms with Gasteiger partial charge in [0.15, 0.2) is 0 Å². The Balaban J connectivity index is 1.73. The average molecular weight is 265 g/mol. The van der Waals surface area contributed by atoms with E-state index in [-0.39, 0.29) is 0 Å². The van der Waals surface area contributed by atoms with Crippen LogP contribution >= 0.6 is 11.8 Å². The molecule has 1 aliphatic rings. The number of methoxy groups -OCH3 is 1. The standard InChI is InChI=1S/C15H23NOS/c1-17-14-5-2-4-13(12-14)8-11-18-15-6-3-9-16-10-7-15/h2,4-5,12,15-16H,3,6-11H2,1H3. The van der Waals surface area contributed by atoms with Crippen LogP contribution in [0.4, 0.5) is 0 Å². The summed E-state index contributed by atoms with van der Waals surface area (Å²) in [6.45, 7) is 2.39. The van der Waals surface area contributed by atoms with E-state index in [0.717, 1.165) is 17.4 Å². The first kappa shape index (κ1) is 13.8. The van der Waals surface area contributed by atoms with Crippen LogP contribution in [-0.4, -0.2) is 31.2 Å². The van der Waals surface area contributed by atoms with Gasteiger partial charge in [-0.1, -0.05) is 12.1 Å². The molecule has 1 unspecified atom stereocenters. The molecule has 3 heteroatoms. The number of rotatable bonds is 5. The molecule has 2 rings (SSSR count). The van der Waals surface area contributed by atoms with Crippen LogP contribution in [0, 0.1) is 0 Å². The third kappa shape index (κ3) is 4.54. The first-order chi connectivity index (χ1) is 8.88. The average Bonchev–Trinajstić information content (AvgIpc) is 2.68. The van der Waals surface area contributed by atoms with E-state index in [2.05, 4.69) is 35.3 Å². The van der Waals surface area contributed by atoms with Gasteiger partial charge < -0.3 is 10.1 Å². The quantitative estimate of drug-likeness (QED) is 0.884. The molecular weight excluding hydrogens is 242 g/mol. The van der Waals surface area contributed by atoms with Gasteiger partial charge >= 0.3 is 0 Å². The van der Waals surface area contributed by atoms with Crippen molar-refractivity contribution in [3.05, 3.63) is 29.8 Å². The maximum absolute atomic E-state index is 5.25. The van der Waals surface area contributed by atoms with Gasteiger partial charge in [-0.2, -0.15) is 11.8 Å². The smallest absolute Gasteiger partial charge is 0.119 e. The Kier molecular flexibility index (Phi) is 5.88. The van der Waals surface area contributed by atoms with Gasteiger partial charge in [0.2, 0.25) is 0 Å². The highest BCUT2D eigenvalue weighted by molar-refractivity contribution is 7.99. The molecule has 2 nitrogen and oxygen atoms in total. The van der Waals surface area contributed by atoms with E-state index < -0.39 is 0 Å². The van der Waals surface area contributed by atoms with Crippen molar-refractivity contribution < 1.29 is 4.74 Å². The highest BCUT2D eigenvalue weighted by Gasteiger charge is 2.11. The zero-order chi connectivity index (χ0) is 12.6. The Labute approximate surface area is 114 Å². The summed E-state index contributed by atoms with van der Waals surface area (Å²) in [5.41, 5.74) is 1.38.